The Kier molecular flexibility index (Phi) is 6.12. The first kappa shape index (κ1) is 24.2. The van der Waals surface area contributed by atoms with Crippen LogP contribution >= 0.6 is 0 Å². The topological polar surface area (TPSA) is 87.2 Å². The summed E-state index contributed by atoms with van der Waals surface area (Å²) in [5, 5.41) is 12.3. The number of esters is 1. The summed E-state index contributed by atoms with van der Waals surface area (Å²) in [5.74, 6) is -1.56. The lowest BCUT2D eigenvalue weighted by Gasteiger charge is -2.66. The zero-order valence-corrected chi connectivity index (χ0v) is 20.8. The van der Waals surface area contributed by atoms with Crippen LogP contribution in [0.4, 0.5) is 5.69 Å². The average molecular weight is 481 g/mol. The summed E-state index contributed by atoms with van der Waals surface area (Å²) in [6.07, 6.45) is 9.68. The minimum absolute atomic E-state index is 0.112. The number of piperidine rings is 1. The third kappa shape index (κ3) is 3.66. The first-order valence-corrected chi connectivity index (χ1v) is 13.0. The molecule has 1 saturated carbocycles. The van der Waals surface area contributed by atoms with Gasteiger partial charge in [-0.3, -0.25) is 9.59 Å². The molecule has 0 aromatic heterocycles. The molecule has 2 aliphatic carbocycles. The summed E-state index contributed by atoms with van der Waals surface area (Å²) in [6.45, 7) is 6.43. The second kappa shape index (κ2) is 8.86. The predicted octanol–water partition coefficient (Wildman–Crippen LogP) is 3.71. The summed E-state index contributed by atoms with van der Waals surface area (Å²) in [7, 11) is 0. The van der Waals surface area contributed by atoms with Crippen molar-refractivity contribution in [2.24, 2.45) is 16.7 Å². The highest BCUT2D eigenvalue weighted by molar-refractivity contribution is 6.22. The highest BCUT2D eigenvalue weighted by Crippen LogP contribution is 2.62. The van der Waals surface area contributed by atoms with Gasteiger partial charge in [-0.15, -0.1) is 0 Å². The van der Waals surface area contributed by atoms with Gasteiger partial charge in [0.25, 0.3) is 0 Å². The van der Waals surface area contributed by atoms with Gasteiger partial charge < -0.3 is 14.7 Å². The minimum Gasteiger partial charge on any atom is -0.461 e. The van der Waals surface area contributed by atoms with Crippen LogP contribution in [0.2, 0.25) is 0 Å². The highest BCUT2D eigenvalue weighted by atomic mass is 16.5. The molecule has 7 heteroatoms. The number of allylic oxidation sites excluding steroid dienone is 1. The van der Waals surface area contributed by atoms with Crippen LogP contribution < -0.4 is 4.90 Å². The second-order valence-corrected chi connectivity index (χ2v) is 11.1. The maximum absolute atomic E-state index is 13.4. The fourth-order valence-electron chi connectivity index (χ4n) is 7.27. The van der Waals surface area contributed by atoms with Crippen molar-refractivity contribution in [3.8, 4) is 0 Å². The number of carbonyl (C=O) groups excluding carboxylic acids is 3. The van der Waals surface area contributed by atoms with Crippen molar-refractivity contribution in [2.75, 3.05) is 31.1 Å². The minimum atomic E-state index is -0.937. The molecule has 3 fully saturated rings. The molecule has 0 unspecified atom stereocenters. The van der Waals surface area contributed by atoms with Gasteiger partial charge in [-0.1, -0.05) is 44.6 Å². The van der Waals surface area contributed by atoms with E-state index in [4.69, 9.17) is 4.74 Å². The zero-order chi connectivity index (χ0) is 24.8. The number of carbonyl (C=O) groups is 3. The van der Waals surface area contributed by atoms with Gasteiger partial charge in [-0.2, -0.15) is 0 Å². The Morgan fingerprint density at radius 2 is 1.94 bits per heavy atom. The molecule has 2 heterocycles. The largest absolute Gasteiger partial charge is 0.461 e. The summed E-state index contributed by atoms with van der Waals surface area (Å²) in [5.41, 5.74) is -1.22. The normalized spacial score (nSPS) is 35.1. The molecule has 2 saturated heterocycles. The van der Waals surface area contributed by atoms with Crippen LogP contribution in [-0.2, 0) is 14.3 Å². The van der Waals surface area contributed by atoms with Gasteiger partial charge in [-0.05, 0) is 50.8 Å². The van der Waals surface area contributed by atoms with Crippen molar-refractivity contribution >= 4 is 23.5 Å². The molecule has 1 aromatic carbocycles. The molecule has 0 radical (unpaired) electrons. The quantitative estimate of drug-likeness (QED) is 0.393. The number of nitrogens with zero attached hydrogens (tertiary/aromatic N) is 2. The highest BCUT2D eigenvalue weighted by Gasteiger charge is 2.67. The van der Waals surface area contributed by atoms with Gasteiger partial charge in [0, 0.05) is 36.3 Å². The standard InChI is InChI=1S/C28H36N2O5/c1-3-29-17-26-12-7-4-8-15-28(26,34)27(18-29,14-9-13-26)19-35-25(33)21-10-5-6-11-22(21)30-23(31)16-20(2)24(30)32/h4-6,8,10-11,20,34H,3,7,9,12-19H2,1-2H3/t20-,26-,27+,28+/m0/s1. The molecule has 4 atom stereocenters. The molecule has 4 aliphatic rings. The zero-order valence-electron chi connectivity index (χ0n) is 20.8. The maximum atomic E-state index is 13.4. The molecule has 1 N–H and O–H groups in total. The van der Waals surface area contributed by atoms with Crippen molar-refractivity contribution in [3.63, 3.8) is 0 Å². The van der Waals surface area contributed by atoms with Crippen molar-refractivity contribution < 1.29 is 24.2 Å². The Morgan fingerprint density at radius 3 is 2.69 bits per heavy atom. The number of rotatable bonds is 5. The molecule has 2 aliphatic heterocycles. The van der Waals surface area contributed by atoms with E-state index in [1.165, 1.54) is 0 Å². The Bertz CT molecular complexity index is 1070. The van der Waals surface area contributed by atoms with Gasteiger partial charge >= 0.3 is 5.97 Å². The smallest absolute Gasteiger partial charge is 0.340 e. The Hall–Kier alpha value is -2.51. The Morgan fingerprint density at radius 1 is 1.14 bits per heavy atom. The lowest BCUT2D eigenvalue weighted by molar-refractivity contribution is -0.254. The fourth-order valence-corrected chi connectivity index (χ4v) is 7.27. The SMILES string of the molecule is CCN1C[C@@]23CCC=CC[C@]2(O)[C@](COC(=O)c2ccccc2N2C(=O)C[C@H](C)C2=O)(CCC3)C1. The van der Waals surface area contributed by atoms with E-state index in [9.17, 15) is 19.5 Å². The van der Waals surface area contributed by atoms with E-state index >= 15 is 0 Å². The number of benzene rings is 1. The summed E-state index contributed by atoms with van der Waals surface area (Å²) < 4.78 is 5.99. The van der Waals surface area contributed by atoms with E-state index in [2.05, 4.69) is 24.0 Å². The third-order valence-electron chi connectivity index (χ3n) is 9.15. The van der Waals surface area contributed by atoms with Crippen LogP contribution in [0.1, 0.15) is 69.2 Å². The van der Waals surface area contributed by atoms with Crippen LogP contribution in [-0.4, -0.2) is 59.6 Å². The van der Waals surface area contributed by atoms with Gasteiger partial charge in [0.1, 0.15) is 6.61 Å². The van der Waals surface area contributed by atoms with E-state index in [-0.39, 0.29) is 41.5 Å². The van der Waals surface area contributed by atoms with Crippen molar-refractivity contribution in [2.45, 2.75) is 64.4 Å². The Balaban J connectivity index is 1.44. The monoisotopic (exact) mass is 480 g/mol. The number of likely N-dealkylation sites (tertiary alicyclic amines) is 1. The van der Waals surface area contributed by atoms with Crippen LogP contribution in [0.15, 0.2) is 36.4 Å². The van der Waals surface area contributed by atoms with Gasteiger partial charge in [-0.25, -0.2) is 9.69 Å². The van der Waals surface area contributed by atoms with Crippen molar-refractivity contribution in [3.05, 3.63) is 42.0 Å². The van der Waals surface area contributed by atoms with E-state index in [1.807, 2.05) is 0 Å². The summed E-state index contributed by atoms with van der Waals surface area (Å²) in [4.78, 5) is 42.1. The number of aliphatic hydroxyl groups is 1. The van der Waals surface area contributed by atoms with Gasteiger partial charge in [0.15, 0.2) is 0 Å². The molecule has 188 valence electrons. The molecule has 35 heavy (non-hydrogen) atoms. The Labute approximate surface area is 207 Å². The van der Waals surface area contributed by atoms with E-state index in [1.54, 1.807) is 31.2 Å². The lowest BCUT2D eigenvalue weighted by atomic mass is 9.47. The maximum Gasteiger partial charge on any atom is 0.340 e. The van der Waals surface area contributed by atoms with E-state index < -0.39 is 22.9 Å². The average Bonchev–Trinajstić information content (AvgIpc) is 2.97. The van der Waals surface area contributed by atoms with E-state index in [0.717, 1.165) is 50.1 Å². The first-order valence-electron chi connectivity index (χ1n) is 13.0. The number of amides is 2. The fraction of sp³-hybridized carbons (Fsp3) is 0.607. The first-order chi connectivity index (χ1) is 16.8. The number of imide groups is 1. The summed E-state index contributed by atoms with van der Waals surface area (Å²) >= 11 is 0. The molecular formula is C28H36N2O5. The lowest BCUT2D eigenvalue weighted by Crippen LogP contribution is -2.73. The number of anilines is 1. The third-order valence-corrected chi connectivity index (χ3v) is 9.15. The molecule has 2 bridgehead atoms. The molecule has 2 amide bonds. The van der Waals surface area contributed by atoms with Crippen LogP contribution in [0, 0.1) is 16.7 Å². The van der Waals surface area contributed by atoms with Crippen molar-refractivity contribution in [1.82, 2.24) is 4.90 Å². The predicted molar refractivity (Wildman–Crippen MR) is 132 cm³/mol. The molecular weight excluding hydrogens is 444 g/mol. The van der Waals surface area contributed by atoms with Crippen LogP contribution in [0.5, 0.6) is 0 Å². The van der Waals surface area contributed by atoms with Gasteiger partial charge in [0.2, 0.25) is 11.8 Å². The molecule has 1 aromatic rings. The molecule has 5 rings (SSSR count). The van der Waals surface area contributed by atoms with Gasteiger partial charge in [0.05, 0.1) is 16.9 Å². The number of para-hydroxylation sites is 1. The number of hydrogen-bond acceptors (Lipinski definition) is 6. The number of hydrogen-bond donors (Lipinski definition) is 1. The second-order valence-electron chi connectivity index (χ2n) is 11.1. The summed E-state index contributed by atoms with van der Waals surface area (Å²) in [6, 6.07) is 6.65. The molecule has 7 nitrogen and oxygen atoms in total. The van der Waals surface area contributed by atoms with E-state index in [0.29, 0.717) is 13.0 Å². The van der Waals surface area contributed by atoms with Crippen molar-refractivity contribution in [1.29, 1.82) is 0 Å². The van der Waals surface area contributed by atoms with Crippen LogP contribution in [0.25, 0.3) is 0 Å². The molecule has 0 spiro atoms. The van der Waals surface area contributed by atoms with Crippen LogP contribution in [0.3, 0.4) is 0 Å². The number of ether oxygens (including phenoxy) is 1.